The third-order valence-electron chi connectivity index (χ3n) is 4.45. The largest absolute Gasteiger partial charge is 0.101 e. The normalized spacial score (nSPS) is 9.83. The summed E-state index contributed by atoms with van der Waals surface area (Å²) in [6.45, 7) is 8.38. The minimum Gasteiger partial charge on any atom is -0.101 e. The molecule has 0 saturated heterocycles. The third kappa shape index (κ3) is 7.27. The molecule has 0 spiro atoms. The van der Waals surface area contributed by atoms with Gasteiger partial charge in [-0.05, 0) is 62.8 Å². The molecule has 0 nitrogen and oxygen atoms in total. The topological polar surface area (TPSA) is 0 Å². The quantitative estimate of drug-likeness (QED) is 0.333. The molecule has 0 unspecified atom stereocenters. The molecule has 130 valence electrons. The van der Waals surface area contributed by atoms with Crippen molar-refractivity contribution < 1.29 is 0 Å². The van der Waals surface area contributed by atoms with E-state index in [1.165, 1.54) is 73.6 Å². The maximum absolute atomic E-state index is 3.33. The molecule has 0 saturated carbocycles. The second-order valence-electron chi connectivity index (χ2n) is 6.54. The molecule has 1 aromatic rings. The van der Waals surface area contributed by atoms with Crippen molar-refractivity contribution in [3.8, 4) is 23.7 Å². The predicted octanol–water partition coefficient (Wildman–Crippen LogP) is 6.68. The van der Waals surface area contributed by atoms with Crippen LogP contribution in [-0.4, -0.2) is 0 Å². The van der Waals surface area contributed by atoms with Gasteiger partial charge in [0.05, 0.1) is 0 Å². The zero-order valence-corrected chi connectivity index (χ0v) is 16.2. The average Bonchev–Trinajstić information content (AvgIpc) is 2.58. The summed E-state index contributed by atoms with van der Waals surface area (Å²) in [4.78, 5) is 0. The molecule has 0 aliphatic carbocycles. The Bertz CT molecular complexity index is 543. The Hall–Kier alpha value is -1.66. The zero-order chi connectivity index (χ0) is 17.6. The zero-order valence-electron chi connectivity index (χ0n) is 16.2. The van der Waals surface area contributed by atoms with E-state index in [-0.39, 0.29) is 0 Å². The van der Waals surface area contributed by atoms with Crippen LogP contribution in [0.3, 0.4) is 0 Å². The van der Waals surface area contributed by atoms with Crippen molar-refractivity contribution in [3.05, 3.63) is 34.4 Å². The van der Waals surface area contributed by atoms with E-state index in [1.54, 1.807) is 0 Å². The SMILES string of the molecule is CC#Cc1cc(CCCCCC)c(C#CC)cc1CCCCCC. The van der Waals surface area contributed by atoms with Gasteiger partial charge in [-0.15, -0.1) is 11.8 Å². The molecular weight excluding hydrogens is 288 g/mol. The maximum Gasteiger partial charge on any atom is 0.0280 e. The van der Waals surface area contributed by atoms with Crippen molar-refractivity contribution in [2.24, 2.45) is 0 Å². The minimum atomic E-state index is 1.12. The molecule has 1 rings (SSSR count). The first-order valence-electron chi connectivity index (χ1n) is 9.78. The molecule has 0 radical (unpaired) electrons. The van der Waals surface area contributed by atoms with E-state index in [0.29, 0.717) is 0 Å². The predicted molar refractivity (Wildman–Crippen MR) is 107 cm³/mol. The van der Waals surface area contributed by atoms with Gasteiger partial charge in [0.1, 0.15) is 0 Å². The van der Waals surface area contributed by atoms with Crippen molar-refractivity contribution in [2.45, 2.75) is 91.9 Å². The maximum atomic E-state index is 3.33. The van der Waals surface area contributed by atoms with E-state index in [9.17, 15) is 0 Å². The molecule has 0 heteroatoms. The number of aryl methyl sites for hydroxylation is 2. The van der Waals surface area contributed by atoms with Crippen LogP contribution in [0.15, 0.2) is 12.1 Å². The molecule has 24 heavy (non-hydrogen) atoms. The molecule has 0 N–H and O–H groups in total. The van der Waals surface area contributed by atoms with Crippen LogP contribution < -0.4 is 0 Å². The lowest BCUT2D eigenvalue weighted by atomic mass is 9.92. The molecule has 0 atom stereocenters. The lowest BCUT2D eigenvalue weighted by Crippen LogP contribution is -1.99. The van der Waals surface area contributed by atoms with Crippen LogP contribution in [0.25, 0.3) is 0 Å². The van der Waals surface area contributed by atoms with Gasteiger partial charge in [-0.3, -0.25) is 0 Å². The Labute approximate surface area is 150 Å². The highest BCUT2D eigenvalue weighted by Gasteiger charge is 2.08. The van der Waals surface area contributed by atoms with Gasteiger partial charge in [-0.1, -0.05) is 64.2 Å². The number of benzene rings is 1. The Morgan fingerprint density at radius 3 is 1.38 bits per heavy atom. The first kappa shape index (κ1) is 20.4. The number of hydrogen-bond acceptors (Lipinski definition) is 0. The summed E-state index contributed by atoms with van der Waals surface area (Å²) in [7, 11) is 0. The first-order valence-corrected chi connectivity index (χ1v) is 9.78. The van der Waals surface area contributed by atoms with Crippen molar-refractivity contribution >= 4 is 0 Å². The second-order valence-corrected chi connectivity index (χ2v) is 6.54. The highest BCUT2D eigenvalue weighted by atomic mass is 14.1. The Balaban J connectivity index is 2.98. The van der Waals surface area contributed by atoms with E-state index in [1.807, 2.05) is 13.8 Å². The molecule has 0 heterocycles. The van der Waals surface area contributed by atoms with Crippen molar-refractivity contribution in [3.63, 3.8) is 0 Å². The number of unbranched alkanes of at least 4 members (excludes halogenated alkanes) is 6. The van der Waals surface area contributed by atoms with E-state index in [2.05, 4.69) is 49.7 Å². The summed E-state index contributed by atoms with van der Waals surface area (Å²) in [6, 6.07) is 4.63. The van der Waals surface area contributed by atoms with Gasteiger partial charge in [0.15, 0.2) is 0 Å². The highest BCUT2D eigenvalue weighted by molar-refractivity contribution is 5.52. The van der Waals surface area contributed by atoms with Crippen LogP contribution in [0.1, 0.15) is 101 Å². The minimum absolute atomic E-state index is 1.12. The molecule has 0 fully saturated rings. The molecule has 0 bridgehead atoms. The smallest absolute Gasteiger partial charge is 0.0280 e. The molecule has 0 aliphatic rings. The fourth-order valence-electron chi connectivity index (χ4n) is 3.09. The summed E-state index contributed by atoms with van der Waals surface area (Å²) < 4.78 is 0. The standard InChI is InChI=1S/C24H34/c1-5-9-11-13-17-23-19-22(16-8-4)24(18-14-12-10-6-2)20-21(23)15-7-3/h19-20H,5-6,9-14,17-18H2,1-4H3. The van der Waals surface area contributed by atoms with Gasteiger partial charge in [0.25, 0.3) is 0 Å². The van der Waals surface area contributed by atoms with Gasteiger partial charge < -0.3 is 0 Å². The van der Waals surface area contributed by atoms with Crippen LogP contribution in [-0.2, 0) is 12.8 Å². The molecule has 0 amide bonds. The van der Waals surface area contributed by atoms with Crippen LogP contribution in [0, 0.1) is 23.7 Å². The summed E-state index contributed by atoms with van der Waals surface area (Å²) in [6.07, 6.45) is 12.6. The van der Waals surface area contributed by atoms with Gasteiger partial charge in [0.2, 0.25) is 0 Å². The Morgan fingerprint density at radius 1 is 0.625 bits per heavy atom. The van der Waals surface area contributed by atoms with Crippen LogP contribution in [0.5, 0.6) is 0 Å². The van der Waals surface area contributed by atoms with Crippen molar-refractivity contribution in [1.29, 1.82) is 0 Å². The van der Waals surface area contributed by atoms with Crippen molar-refractivity contribution in [2.75, 3.05) is 0 Å². The van der Waals surface area contributed by atoms with E-state index < -0.39 is 0 Å². The van der Waals surface area contributed by atoms with E-state index in [0.717, 1.165) is 12.8 Å². The summed E-state index contributed by atoms with van der Waals surface area (Å²) in [5.41, 5.74) is 5.22. The Morgan fingerprint density at radius 2 is 1.04 bits per heavy atom. The Kier molecular flexibility index (Phi) is 10.8. The lowest BCUT2D eigenvalue weighted by Gasteiger charge is -2.11. The monoisotopic (exact) mass is 322 g/mol. The first-order chi connectivity index (χ1) is 11.8. The fourth-order valence-corrected chi connectivity index (χ4v) is 3.09. The van der Waals surface area contributed by atoms with E-state index >= 15 is 0 Å². The van der Waals surface area contributed by atoms with Gasteiger partial charge in [-0.2, -0.15) is 0 Å². The van der Waals surface area contributed by atoms with Gasteiger partial charge >= 0.3 is 0 Å². The van der Waals surface area contributed by atoms with Crippen LogP contribution >= 0.6 is 0 Å². The van der Waals surface area contributed by atoms with Crippen LogP contribution in [0.4, 0.5) is 0 Å². The summed E-state index contributed by atoms with van der Waals surface area (Å²) in [5.74, 6) is 12.9. The van der Waals surface area contributed by atoms with Gasteiger partial charge in [-0.25, -0.2) is 0 Å². The summed E-state index contributed by atoms with van der Waals surface area (Å²) >= 11 is 0. The molecule has 0 aliphatic heterocycles. The summed E-state index contributed by atoms with van der Waals surface area (Å²) in [5, 5.41) is 0. The third-order valence-corrected chi connectivity index (χ3v) is 4.45. The fraction of sp³-hybridized carbons (Fsp3) is 0.583. The van der Waals surface area contributed by atoms with E-state index in [4.69, 9.17) is 0 Å². The molecule has 0 aromatic heterocycles. The number of rotatable bonds is 10. The molecular formula is C24H34. The van der Waals surface area contributed by atoms with Crippen molar-refractivity contribution in [1.82, 2.24) is 0 Å². The van der Waals surface area contributed by atoms with Crippen LogP contribution in [0.2, 0.25) is 0 Å². The second kappa shape index (κ2) is 12.7. The number of hydrogen-bond donors (Lipinski definition) is 0. The molecule has 1 aromatic carbocycles. The highest BCUT2D eigenvalue weighted by Crippen LogP contribution is 2.21. The average molecular weight is 323 g/mol. The van der Waals surface area contributed by atoms with Gasteiger partial charge in [0, 0.05) is 11.1 Å². The lowest BCUT2D eigenvalue weighted by molar-refractivity contribution is 0.662.